The number of rotatable bonds is 2. The zero-order valence-electron chi connectivity index (χ0n) is 10.1. The Labute approximate surface area is 101 Å². The minimum absolute atomic E-state index is 0.0240. The van der Waals surface area contributed by atoms with Crippen LogP contribution in [0, 0.1) is 0 Å². The smallest absolute Gasteiger partial charge is 0.253 e. The van der Waals surface area contributed by atoms with Crippen LogP contribution in [-0.4, -0.2) is 54.0 Å². The van der Waals surface area contributed by atoms with Gasteiger partial charge in [-0.15, -0.1) is 0 Å². The summed E-state index contributed by atoms with van der Waals surface area (Å²) in [6.07, 6.45) is 0. The van der Waals surface area contributed by atoms with Gasteiger partial charge in [0.2, 0.25) is 0 Å². The van der Waals surface area contributed by atoms with Crippen LogP contribution in [0.5, 0.6) is 0 Å². The van der Waals surface area contributed by atoms with Crippen molar-refractivity contribution in [3.8, 4) is 0 Å². The zero-order chi connectivity index (χ0) is 12.3. The quantitative estimate of drug-likeness (QED) is 0.813. The number of carbonyl (C=O) groups is 1. The average molecular weight is 234 g/mol. The first-order valence-corrected chi connectivity index (χ1v) is 5.88. The van der Waals surface area contributed by atoms with E-state index in [2.05, 4.69) is 11.9 Å². The molecule has 17 heavy (non-hydrogen) atoms. The number of benzene rings is 1. The van der Waals surface area contributed by atoms with Crippen LogP contribution < -0.4 is 0 Å². The Morgan fingerprint density at radius 1 is 1.29 bits per heavy atom. The van der Waals surface area contributed by atoms with E-state index in [0.717, 1.165) is 31.7 Å². The fraction of sp³-hybridized carbons (Fsp3) is 0.462. The highest BCUT2D eigenvalue weighted by molar-refractivity contribution is 5.94. The van der Waals surface area contributed by atoms with Gasteiger partial charge in [-0.25, -0.2) is 0 Å². The van der Waals surface area contributed by atoms with Crippen LogP contribution in [-0.2, 0) is 6.61 Å². The van der Waals surface area contributed by atoms with Crippen molar-refractivity contribution in [2.24, 2.45) is 0 Å². The first-order chi connectivity index (χ1) is 8.20. The Morgan fingerprint density at radius 2 is 2.00 bits per heavy atom. The molecule has 1 N–H and O–H groups in total. The van der Waals surface area contributed by atoms with Gasteiger partial charge in [0.25, 0.3) is 5.91 Å². The van der Waals surface area contributed by atoms with Crippen molar-refractivity contribution in [1.82, 2.24) is 9.80 Å². The molecule has 0 bridgehead atoms. The molecular formula is C13H18N2O2. The van der Waals surface area contributed by atoms with Gasteiger partial charge >= 0.3 is 0 Å². The van der Waals surface area contributed by atoms with Crippen LogP contribution in [0.25, 0.3) is 0 Å². The maximum atomic E-state index is 12.2. The topological polar surface area (TPSA) is 43.8 Å². The molecule has 0 atom stereocenters. The van der Waals surface area contributed by atoms with Crippen molar-refractivity contribution in [3.63, 3.8) is 0 Å². The van der Waals surface area contributed by atoms with Crippen LogP contribution in [0.2, 0.25) is 0 Å². The molecule has 4 nitrogen and oxygen atoms in total. The third-order valence-corrected chi connectivity index (χ3v) is 3.15. The van der Waals surface area contributed by atoms with Gasteiger partial charge in [-0.1, -0.05) is 12.1 Å². The van der Waals surface area contributed by atoms with E-state index in [1.54, 1.807) is 12.1 Å². The molecule has 1 aliphatic heterocycles. The molecule has 1 saturated heterocycles. The molecule has 0 aliphatic carbocycles. The Kier molecular flexibility index (Phi) is 3.76. The number of hydrogen-bond acceptors (Lipinski definition) is 3. The highest BCUT2D eigenvalue weighted by Gasteiger charge is 2.20. The summed E-state index contributed by atoms with van der Waals surface area (Å²) in [6.45, 7) is 3.37. The summed E-state index contributed by atoms with van der Waals surface area (Å²) < 4.78 is 0. The number of piperazine rings is 1. The first kappa shape index (κ1) is 12.1. The molecule has 4 heteroatoms. The van der Waals surface area contributed by atoms with Gasteiger partial charge in [-0.3, -0.25) is 4.79 Å². The van der Waals surface area contributed by atoms with Crippen LogP contribution in [0.3, 0.4) is 0 Å². The van der Waals surface area contributed by atoms with Gasteiger partial charge in [0.05, 0.1) is 6.61 Å². The van der Waals surface area contributed by atoms with Crippen LogP contribution in [0.15, 0.2) is 24.3 Å². The lowest BCUT2D eigenvalue weighted by Gasteiger charge is -2.32. The summed E-state index contributed by atoms with van der Waals surface area (Å²) >= 11 is 0. The number of likely N-dealkylation sites (N-methyl/N-ethyl adjacent to an activating group) is 1. The predicted octanol–water partition coefficient (Wildman–Crippen LogP) is 0.567. The van der Waals surface area contributed by atoms with Gasteiger partial charge in [-0.2, -0.15) is 0 Å². The summed E-state index contributed by atoms with van der Waals surface area (Å²) in [7, 11) is 2.06. The van der Waals surface area contributed by atoms with Crippen molar-refractivity contribution >= 4 is 5.91 Å². The fourth-order valence-corrected chi connectivity index (χ4v) is 1.99. The number of aliphatic hydroxyl groups excluding tert-OH is 1. The van der Waals surface area contributed by atoms with Crippen LogP contribution >= 0.6 is 0 Å². The van der Waals surface area contributed by atoms with E-state index in [1.165, 1.54) is 0 Å². The third-order valence-electron chi connectivity index (χ3n) is 3.15. The number of aliphatic hydroxyl groups is 1. The number of hydrogen-bond donors (Lipinski definition) is 1. The lowest BCUT2D eigenvalue weighted by atomic mass is 10.1. The maximum absolute atomic E-state index is 12.2. The van der Waals surface area contributed by atoms with E-state index in [9.17, 15) is 4.79 Å². The van der Waals surface area contributed by atoms with E-state index in [0.29, 0.717) is 5.56 Å². The van der Waals surface area contributed by atoms with E-state index < -0.39 is 0 Å². The highest BCUT2D eigenvalue weighted by atomic mass is 16.3. The Bertz CT molecular complexity index is 398. The Hall–Kier alpha value is -1.39. The van der Waals surface area contributed by atoms with Gasteiger partial charge < -0.3 is 14.9 Å². The van der Waals surface area contributed by atoms with E-state index in [-0.39, 0.29) is 12.5 Å². The van der Waals surface area contributed by atoms with Crippen molar-refractivity contribution in [1.29, 1.82) is 0 Å². The molecule has 0 unspecified atom stereocenters. The van der Waals surface area contributed by atoms with E-state index in [4.69, 9.17) is 5.11 Å². The molecule has 0 radical (unpaired) electrons. The van der Waals surface area contributed by atoms with Gasteiger partial charge in [-0.05, 0) is 24.7 Å². The Balaban J connectivity index is 2.08. The largest absolute Gasteiger partial charge is 0.392 e. The molecular weight excluding hydrogens is 216 g/mol. The molecule has 92 valence electrons. The molecule has 0 aromatic heterocycles. The van der Waals surface area contributed by atoms with E-state index >= 15 is 0 Å². The first-order valence-electron chi connectivity index (χ1n) is 5.88. The molecule has 1 aromatic rings. The van der Waals surface area contributed by atoms with Gasteiger partial charge in [0.1, 0.15) is 0 Å². The molecule has 0 saturated carbocycles. The zero-order valence-corrected chi connectivity index (χ0v) is 10.1. The van der Waals surface area contributed by atoms with E-state index in [1.807, 2.05) is 17.0 Å². The molecule has 1 fully saturated rings. The molecule has 1 aliphatic rings. The summed E-state index contributed by atoms with van der Waals surface area (Å²) in [6, 6.07) is 7.20. The van der Waals surface area contributed by atoms with Crippen molar-refractivity contribution < 1.29 is 9.90 Å². The summed E-state index contributed by atoms with van der Waals surface area (Å²) in [4.78, 5) is 16.3. The van der Waals surface area contributed by atoms with Crippen LogP contribution in [0.1, 0.15) is 15.9 Å². The summed E-state index contributed by atoms with van der Waals surface area (Å²) in [5.74, 6) is 0.0633. The van der Waals surface area contributed by atoms with Crippen molar-refractivity contribution in [2.45, 2.75) is 6.61 Å². The SMILES string of the molecule is CN1CCN(C(=O)c2cccc(CO)c2)CC1. The standard InChI is InChI=1S/C13H18N2O2/c1-14-5-7-15(8-6-14)13(17)12-4-2-3-11(9-12)10-16/h2-4,9,16H,5-8,10H2,1H3. The molecule has 1 amide bonds. The second-order valence-corrected chi connectivity index (χ2v) is 4.45. The third kappa shape index (κ3) is 2.84. The molecule has 0 spiro atoms. The average Bonchev–Trinajstić information content (AvgIpc) is 2.39. The normalized spacial score (nSPS) is 17.2. The van der Waals surface area contributed by atoms with Gasteiger partial charge in [0, 0.05) is 31.7 Å². The highest BCUT2D eigenvalue weighted by Crippen LogP contribution is 2.10. The fourth-order valence-electron chi connectivity index (χ4n) is 1.99. The number of carbonyl (C=O) groups excluding carboxylic acids is 1. The minimum atomic E-state index is -0.0240. The van der Waals surface area contributed by atoms with Crippen molar-refractivity contribution in [3.05, 3.63) is 35.4 Å². The molecule has 1 heterocycles. The lowest BCUT2D eigenvalue weighted by Crippen LogP contribution is -2.47. The monoisotopic (exact) mass is 234 g/mol. The van der Waals surface area contributed by atoms with Crippen molar-refractivity contribution in [2.75, 3.05) is 33.2 Å². The lowest BCUT2D eigenvalue weighted by molar-refractivity contribution is 0.0664. The second-order valence-electron chi connectivity index (χ2n) is 4.45. The molecule has 2 rings (SSSR count). The number of nitrogens with zero attached hydrogens (tertiary/aromatic N) is 2. The minimum Gasteiger partial charge on any atom is -0.392 e. The summed E-state index contributed by atoms with van der Waals surface area (Å²) in [5.41, 5.74) is 1.45. The number of amides is 1. The Morgan fingerprint density at radius 3 is 2.65 bits per heavy atom. The second kappa shape index (κ2) is 5.29. The predicted molar refractivity (Wildman–Crippen MR) is 65.8 cm³/mol. The molecule has 1 aromatic carbocycles. The maximum Gasteiger partial charge on any atom is 0.253 e. The van der Waals surface area contributed by atoms with Gasteiger partial charge in [0.15, 0.2) is 0 Å². The summed E-state index contributed by atoms with van der Waals surface area (Å²) in [5, 5.41) is 9.06. The van der Waals surface area contributed by atoms with Crippen LogP contribution in [0.4, 0.5) is 0 Å².